The van der Waals surface area contributed by atoms with E-state index in [0.717, 1.165) is 17.1 Å². The Kier molecular flexibility index (Phi) is 4.92. The van der Waals surface area contributed by atoms with Crippen LogP contribution in [0, 0.1) is 0 Å². The van der Waals surface area contributed by atoms with Gasteiger partial charge in [-0.25, -0.2) is 4.99 Å². The molecule has 0 aliphatic heterocycles. The van der Waals surface area contributed by atoms with Crippen LogP contribution >= 0.6 is 11.6 Å². The molecule has 0 unspecified atom stereocenters. The summed E-state index contributed by atoms with van der Waals surface area (Å²) in [4.78, 5) is 4.63. The Hall–Kier alpha value is -2.78. The third kappa shape index (κ3) is 4.59. The Morgan fingerprint density at radius 2 is 1.13 bits per heavy atom. The van der Waals surface area contributed by atoms with E-state index >= 15 is 0 Å². The van der Waals surface area contributed by atoms with E-state index in [1.54, 1.807) is 0 Å². The number of benzene rings is 3. The van der Waals surface area contributed by atoms with Gasteiger partial charge >= 0.3 is 0 Å². The molecule has 0 amide bonds. The van der Waals surface area contributed by atoms with Crippen LogP contribution in [0.5, 0.6) is 0 Å². The second-order valence-corrected chi connectivity index (χ2v) is 5.36. The van der Waals surface area contributed by atoms with Gasteiger partial charge in [0.15, 0.2) is 0 Å². The number of anilines is 2. The molecule has 0 aliphatic rings. The molecule has 0 bridgehead atoms. The fourth-order valence-electron chi connectivity index (χ4n) is 2.05. The molecular weight excluding hydrogens is 306 g/mol. The summed E-state index contributed by atoms with van der Waals surface area (Å²) >= 11 is 5.93. The number of para-hydroxylation sites is 2. The minimum atomic E-state index is 0.643. The zero-order valence-electron chi connectivity index (χ0n) is 12.4. The molecule has 0 heterocycles. The first-order chi connectivity index (χ1) is 11.3. The molecular formula is C19H16ClN3. The minimum absolute atomic E-state index is 0.643. The normalized spacial score (nSPS) is 9.96. The second-order valence-electron chi connectivity index (χ2n) is 4.92. The lowest BCUT2D eigenvalue weighted by molar-refractivity contribution is 1.45. The van der Waals surface area contributed by atoms with Gasteiger partial charge in [0.2, 0.25) is 5.96 Å². The van der Waals surface area contributed by atoms with Gasteiger partial charge < -0.3 is 10.6 Å². The van der Waals surface area contributed by atoms with Crippen LogP contribution in [0.15, 0.2) is 89.9 Å². The highest BCUT2D eigenvalue weighted by atomic mass is 35.5. The van der Waals surface area contributed by atoms with Crippen LogP contribution in [0.1, 0.15) is 0 Å². The Bertz CT molecular complexity index is 725. The molecule has 0 atom stereocenters. The zero-order chi connectivity index (χ0) is 15.9. The van der Waals surface area contributed by atoms with Crippen molar-refractivity contribution in [3.63, 3.8) is 0 Å². The van der Waals surface area contributed by atoms with Crippen molar-refractivity contribution in [3.8, 4) is 0 Å². The van der Waals surface area contributed by atoms with E-state index in [1.165, 1.54) is 0 Å². The average molecular weight is 322 g/mol. The largest absolute Gasteiger partial charge is 0.326 e. The van der Waals surface area contributed by atoms with Crippen molar-refractivity contribution in [2.45, 2.75) is 0 Å². The van der Waals surface area contributed by atoms with Gasteiger partial charge in [-0.05, 0) is 48.5 Å². The summed E-state index contributed by atoms with van der Waals surface area (Å²) in [5, 5.41) is 7.29. The third-order valence-corrected chi connectivity index (χ3v) is 3.39. The van der Waals surface area contributed by atoms with Crippen molar-refractivity contribution in [1.82, 2.24) is 0 Å². The van der Waals surface area contributed by atoms with Crippen molar-refractivity contribution in [2.75, 3.05) is 10.6 Å². The predicted molar refractivity (Wildman–Crippen MR) is 98.7 cm³/mol. The van der Waals surface area contributed by atoms with E-state index in [1.807, 2.05) is 84.9 Å². The maximum atomic E-state index is 5.93. The minimum Gasteiger partial charge on any atom is -0.326 e. The van der Waals surface area contributed by atoms with E-state index in [0.29, 0.717) is 11.0 Å². The third-order valence-electron chi connectivity index (χ3n) is 3.14. The molecule has 3 aromatic rings. The molecule has 4 heteroatoms. The number of hydrogen-bond donors (Lipinski definition) is 2. The van der Waals surface area contributed by atoms with E-state index in [4.69, 9.17) is 11.6 Å². The van der Waals surface area contributed by atoms with E-state index in [-0.39, 0.29) is 0 Å². The summed E-state index contributed by atoms with van der Waals surface area (Å²) in [5.74, 6) is 0.643. The number of rotatable bonds is 3. The van der Waals surface area contributed by atoms with Crippen LogP contribution in [0.25, 0.3) is 0 Å². The molecule has 0 aliphatic carbocycles. The molecule has 3 aromatic carbocycles. The van der Waals surface area contributed by atoms with Crippen LogP contribution in [0.4, 0.5) is 17.1 Å². The second kappa shape index (κ2) is 7.47. The Balaban J connectivity index is 1.87. The molecule has 0 spiro atoms. The van der Waals surface area contributed by atoms with Crippen LogP contribution < -0.4 is 10.6 Å². The molecule has 0 radical (unpaired) electrons. The van der Waals surface area contributed by atoms with Gasteiger partial charge in [0, 0.05) is 16.4 Å². The first-order valence-electron chi connectivity index (χ1n) is 7.28. The lowest BCUT2D eigenvalue weighted by Gasteiger charge is -2.12. The van der Waals surface area contributed by atoms with Gasteiger partial charge in [-0.2, -0.15) is 0 Å². The van der Waals surface area contributed by atoms with Crippen molar-refractivity contribution < 1.29 is 0 Å². The fraction of sp³-hybridized carbons (Fsp3) is 0. The van der Waals surface area contributed by atoms with Gasteiger partial charge in [-0.3, -0.25) is 0 Å². The molecule has 0 fully saturated rings. The number of nitrogens with zero attached hydrogens (tertiary/aromatic N) is 1. The number of guanidine groups is 1. The molecule has 114 valence electrons. The number of hydrogen-bond acceptors (Lipinski definition) is 1. The zero-order valence-corrected chi connectivity index (χ0v) is 13.2. The summed E-state index contributed by atoms with van der Waals surface area (Å²) in [6, 6.07) is 27.2. The molecule has 0 saturated carbocycles. The number of nitrogens with one attached hydrogen (secondary N) is 2. The molecule has 3 nitrogen and oxygen atoms in total. The first-order valence-corrected chi connectivity index (χ1v) is 7.66. The maximum absolute atomic E-state index is 5.93. The average Bonchev–Trinajstić information content (AvgIpc) is 2.59. The molecule has 23 heavy (non-hydrogen) atoms. The van der Waals surface area contributed by atoms with Crippen molar-refractivity contribution in [3.05, 3.63) is 90.0 Å². The molecule has 0 saturated heterocycles. The van der Waals surface area contributed by atoms with Gasteiger partial charge in [0.25, 0.3) is 0 Å². The Labute approximate surface area is 140 Å². The van der Waals surface area contributed by atoms with Crippen LogP contribution in [0.3, 0.4) is 0 Å². The highest BCUT2D eigenvalue weighted by Gasteiger charge is 2.02. The first kappa shape index (κ1) is 15.1. The fourth-order valence-corrected chi connectivity index (χ4v) is 2.17. The van der Waals surface area contributed by atoms with E-state index in [2.05, 4.69) is 15.6 Å². The SMILES string of the molecule is Clc1ccc(N=C(Nc2ccccc2)Nc2ccccc2)cc1. The van der Waals surface area contributed by atoms with E-state index < -0.39 is 0 Å². The quantitative estimate of drug-likeness (QED) is 0.490. The Morgan fingerprint density at radius 1 is 0.652 bits per heavy atom. The van der Waals surface area contributed by atoms with Gasteiger partial charge in [-0.1, -0.05) is 48.0 Å². The molecule has 2 N–H and O–H groups in total. The lowest BCUT2D eigenvalue weighted by Crippen LogP contribution is -2.21. The highest BCUT2D eigenvalue weighted by molar-refractivity contribution is 6.30. The van der Waals surface area contributed by atoms with Crippen LogP contribution in [-0.4, -0.2) is 5.96 Å². The summed E-state index contributed by atoms with van der Waals surface area (Å²) < 4.78 is 0. The van der Waals surface area contributed by atoms with Crippen molar-refractivity contribution >= 4 is 34.6 Å². The van der Waals surface area contributed by atoms with Crippen molar-refractivity contribution in [2.24, 2.45) is 4.99 Å². The van der Waals surface area contributed by atoms with E-state index in [9.17, 15) is 0 Å². The van der Waals surface area contributed by atoms with Gasteiger partial charge in [-0.15, -0.1) is 0 Å². The summed E-state index contributed by atoms with van der Waals surface area (Å²) in [5.41, 5.74) is 2.74. The topological polar surface area (TPSA) is 36.4 Å². The predicted octanol–water partition coefficient (Wildman–Crippen LogP) is 5.55. The van der Waals surface area contributed by atoms with Gasteiger partial charge in [0.05, 0.1) is 5.69 Å². The standard InChI is InChI=1S/C19H16ClN3/c20-15-11-13-18(14-12-15)23-19(21-16-7-3-1-4-8-16)22-17-9-5-2-6-10-17/h1-14H,(H2,21,22,23). The number of halogens is 1. The van der Waals surface area contributed by atoms with Crippen molar-refractivity contribution in [1.29, 1.82) is 0 Å². The van der Waals surface area contributed by atoms with Crippen LogP contribution in [0.2, 0.25) is 5.02 Å². The summed E-state index contributed by atoms with van der Waals surface area (Å²) in [7, 11) is 0. The number of aliphatic imine (C=N–C) groups is 1. The highest BCUT2D eigenvalue weighted by Crippen LogP contribution is 2.18. The molecule has 0 aromatic heterocycles. The monoisotopic (exact) mass is 321 g/mol. The summed E-state index contributed by atoms with van der Waals surface area (Å²) in [6.07, 6.45) is 0. The van der Waals surface area contributed by atoms with Crippen LogP contribution in [-0.2, 0) is 0 Å². The maximum Gasteiger partial charge on any atom is 0.205 e. The molecule has 3 rings (SSSR count). The summed E-state index contributed by atoms with van der Waals surface area (Å²) in [6.45, 7) is 0. The Morgan fingerprint density at radius 3 is 1.61 bits per heavy atom. The van der Waals surface area contributed by atoms with Gasteiger partial charge in [0.1, 0.15) is 0 Å². The lowest BCUT2D eigenvalue weighted by atomic mass is 10.3. The smallest absolute Gasteiger partial charge is 0.205 e.